The highest BCUT2D eigenvalue weighted by Gasteiger charge is 2.35. The largest absolute Gasteiger partial charge is 0.493 e. The first-order valence-corrected chi connectivity index (χ1v) is 16.4. The fourth-order valence-electron chi connectivity index (χ4n) is 6.79. The third-order valence-corrected chi connectivity index (χ3v) is 9.28. The molecule has 0 radical (unpaired) electrons. The summed E-state index contributed by atoms with van der Waals surface area (Å²) in [5, 5.41) is 16.0. The topological polar surface area (TPSA) is 111 Å². The summed E-state index contributed by atoms with van der Waals surface area (Å²) in [6, 6.07) is 17.9. The number of nitrogens with one attached hydrogen (secondary N) is 1. The van der Waals surface area contributed by atoms with Crippen LogP contribution in [-0.2, 0) is 16.1 Å². The van der Waals surface area contributed by atoms with Crippen molar-refractivity contribution >= 4 is 17.5 Å². The fraction of sp³-hybridized carbons (Fsp3) is 0.417. The fourth-order valence-corrected chi connectivity index (χ4v) is 6.79. The molecule has 0 saturated heterocycles. The average molecular weight is 641 g/mol. The molecule has 0 unspecified atom stereocenters. The molecule has 10 nitrogen and oxygen atoms in total. The van der Waals surface area contributed by atoms with Gasteiger partial charge in [-0.3, -0.25) is 14.5 Å². The molecule has 1 aromatic heterocycles. The first-order chi connectivity index (χ1) is 22.9. The summed E-state index contributed by atoms with van der Waals surface area (Å²) >= 11 is 0. The van der Waals surface area contributed by atoms with Gasteiger partial charge in [-0.05, 0) is 90.4 Å². The van der Waals surface area contributed by atoms with E-state index in [-0.39, 0.29) is 18.5 Å². The molecule has 2 fully saturated rings. The van der Waals surface area contributed by atoms with Crippen LogP contribution in [0.3, 0.4) is 0 Å². The second-order valence-electron chi connectivity index (χ2n) is 12.3. The number of amides is 2. The predicted molar refractivity (Wildman–Crippen MR) is 176 cm³/mol. The zero-order valence-electron chi connectivity index (χ0n) is 26.9. The number of aromatic nitrogens is 4. The van der Waals surface area contributed by atoms with Crippen molar-refractivity contribution in [3.63, 3.8) is 0 Å². The molecule has 11 heteroatoms. The third kappa shape index (κ3) is 7.45. The second kappa shape index (κ2) is 14.7. The number of halogens is 1. The van der Waals surface area contributed by atoms with E-state index in [1.807, 2.05) is 12.1 Å². The minimum Gasteiger partial charge on any atom is -0.493 e. The first kappa shape index (κ1) is 32.2. The van der Waals surface area contributed by atoms with E-state index in [4.69, 9.17) is 9.47 Å². The smallest absolute Gasteiger partial charge is 0.251 e. The molecule has 2 aliphatic rings. The zero-order chi connectivity index (χ0) is 32.8. The van der Waals surface area contributed by atoms with Gasteiger partial charge in [-0.2, -0.15) is 4.80 Å². The minimum atomic E-state index is -1.04. The molecule has 2 saturated carbocycles. The van der Waals surface area contributed by atoms with Crippen molar-refractivity contribution in [2.75, 3.05) is 19.1 Å². The predicted octanol–water partition coefficient (Wildman–Crippen LogP) is 6.38. The molecular weight excluding hydrogens is 599 g/mol. The van der Waals surface area contributed by atoms with E-state index in [0.29, 0.717) is 40.1 Å². The Morgan fingerprint density at radius 2 is 1.57 bits per heavy atom. The van der Waals surface area contributed by atoms with Crippen LogP contribution in [0.2, 0.25) is 0 Å². The number of rotatable bonds is 11. The lowest BCUT2D eigenvalue weighted by molar-refractivity contribution is -0.127. The van der Waals surface area contributed by atoms with E-state index in [1.54, 1.807) is 44.6 Å². The molecule has 47 heavy (non-hydrogen) atoms. The second-order valence-corrected chi connectivity index (χ2v) is 12.3. The van der Waals surface area contributed by atoms with Gasteiger partial charge in [0.05, 0.1) is 14.2 Å². The maximum Gasteiger partial charge on any atom is 0.251 e. The Balaban J connectivity index is 1.34. The van der Waals surface area contributed by atoms with E-state index >= 15 is 0 Å². The van der Waals surface area contributed by atoms with E-state index in [2.05, 4.69) is 32.9 Å². The molecule has 3 aromatic carbocycles. The summed E-state index contributed by atoms with van der Waals surface area (Å²) in [4.78, 5) is 31.2. The van der Waals surface area contributed by atoms with E-state index in [9.17, 15) is 14.0 Å². The van der Waals surface area contributed by atoms with Crippen LogP contribution in [-0.4, -0.2) is 52.3 Å². The molecule has 0 aliphatic heterocycles. The number of ether oxygens (including phenoxy) is 2. The number of hydrogen-bond acceptors (Lipinski definition) is 7. The quantitative estimate of drug-likeness (QED) is 0.203. The van der Waals surface area contributed by atoms with Crippen LogP contribution in [0.4, 0.5) is 10.1 Å². The van der Waals surface area contributed by atoms with Gasteiger partial charge in [0.15, 0.2) is 11.5 Å². The summed E-state index contributed by atoms with van der Waals surface area (Å²) in [5.74, 6) is 0.703. The van der Waals surface area contributed by atoms with Crippen molar-refractivity contribution in [1.29, 1.82) is 0 Å². The van der Waals surface area contributed by atoms with Gasteiger partial charge in [-0.25, -0.2) is 4.39 Å². The normalized spacial score (nSPS) is 16.1. The van der Waals surface area contributed by atoms with Crippen molar-refractivity contribution < 1.29 is 23.5 Å². The van der Waals surface area contributed by atoms with Gasteiger partial charge < -0.3 is 14.8 Å². The molecule has 0 spiro atoms. The monoisotopic (exact) mass is 640 g/mol. The lowest BCUT2D eigenvalue weighted by atomic mass is 9.84. The molecule has 6 rings (SSSR count). The number of methoxy groups -OCH3 is 2. The summed E-state index contributed by atoms with van der Waals surface area (Å²) in [6.07, 6.45) is 9.81. The van der Waals surface area contributed by atoms with Crippen molar-refractivity contribution in [3.8, 4) is 22.9 Å². The summed E-state index contributed by atoms with van der Waals surface area (Å²) in [5.41, 5.74) is 2.93. The van der Waals surface area contributed by atoms with Crippen LogP contribution in [0, 0.1) is 5.82 Å². The minimum absolute atomic E-state index is 0.0251. The number of nitrogens with zero attached hydrogens (tertiary/aromatic N) is 5. The van der Waals surface area contributed by atoms with Gasteiger partial charge in [0, 0.05) is 17.3 Å². The van der Waals surface area contributed by atoms with Gasteiger partial charge in [0.1, 0.15) is 18.4 Å². The van der Waals surface area contributed by atoms with Crippen LogP contribution in [0.25, 0.3) is 11.4 Å². The zero-order valence-corrected chi connectivity index (χ0v) is 26.9. The van der Waals surface area contributed by atoms with Crippen LogP contribution in [0.15, 0.2) is 66.7 Å². The Hall–Kier alpha value is -4.80. The Morgan fingerprint density at radius 1 is 0.894 bits per heavy atom. The van der Waals surface area contributed by atoms with Gasteiger partial charge in [-0.1, -0.05) is 56.4 Å². The molecule has 0 bridgehead atoms. The maximum atomic E-state index is 14.4. The molecule has 246 valence electrons. The number of carbonyl (C=O) groups excluding carboxylic acids is 2. The van der Waals surface area contributed by atoms with Crippen molar-refractivity contribution in [2.24, 2.45) is 0 Å². The van der Waals surface area contributed by atoms with Crippen LogP contribution < -0.4 is 19.7 Å². The SMILES string of the molecule is COc1ccc(-c2nnn(CC(=O)N(c3ccc(C4CCCCC4)cc3)[C@H](C(=O)NC3CCCC3)c3ccc(F)cc3)n2)cc1OC. The van der Waals surface area contributed by atoms with Gasteiger partial charge >= 0.3 is 0 Å². The summed E-state index contributed by atoms with van der Waals surface area (Å²) < 4.78 is 24.8. The van der Waals surface area contributed by atoms with Crippen LogP contribution in [0.5, 0.6) is 11.5 Å². The molecule has 2 amide bonds. The molecule has 1 atom stereocenters. The van der Waals surface area contributed by atoms with Crippen molar-refractivity contribution in [1.82, 2.24) is 25.5 Å². The lowest BCUT2D eigenvalue weighted by Crippen LogP contribution is -2.47. The molecular formula is C36H41FN6O4. The number of benzene rings is 3. The van der Waals surface area contributed by atoms with Gasteiger partial charge in [0.2, 0.25) is 11.7 Å². The Labute approximate surface area is 274 Å². The Bertz CT molecular complexity index is 1660. The van der Waals surface area contributed by atoms with E-state index < -0.39 is 17.8 Å². The van der Waals surface area contributed by atoms with Crippen molar-refractivity contribution in [2.45, 2.75) is 82.3 Å². The number of hydrogen-bond donors (Lipinski definition) is 1. The lowest BCUT2D eigenvalue weighted by Gasteiger charge is -2.32. The summed E-state index contributed by atoms with van der Waals surface area (Å²) in [6.45, 7) is -0.279. The average Bonchev–Trinajstić information content (AvgIpc) is 3.80. The van der Waals surface area contributed by atoms with Crippen molar-refractivity contribution in [3.05, 3.63) is 83.7 Å². The highest BCUT2D eigenvalue weighted by molar-refractivity contribution is 6.01. The molecule has 2 aliphatic carbocycles. The van der Waals surface area contributed by atoms with Crippen LogP contribution in [0.1, 0.15) is 80.9 Å². The summed E-state index contributed by atoms with van der Waals surface area (Å²) in [7, 11) is 3.10. The Kier molecular flexibility index (Phi) is 10.1. The number of tetrazole rings is 1. The molecule has 1 N–H and O–H groups in total. The molecule has 1 heterocycles. The van der Waals surface area contributed by atoms with E-state index in [1.165, 1.54) is 46.7 Å². The van der Waals surface area contributed by atoms with E-state index in [0.717, 1.165) is 38.5 Å². The molecule has 4 aromatic rings. The number of anilines is 1. The number of carbonyl (C=O) groups is 2. The van der Waals surface area contributed by atoms with Gasteiger partial charge in [-0.15, -0.1) is 10.2 Å². The van der Waals surface area contributed by atoms with Gasteiger partial charge in [0.25, 0.3) is 5.91 Å². The maximum absolute atomic E-state index is 14.4. The Morgan fingerprint density at radius 3 is 2.26 bits per heavy atom. The van der Waals surface area contributed by atoms with Crippen LogP contribution >= 0.6 is 0 Å². The first-order valence-electron chi connectivity index (χ1n) is 16.4. The highest BCUT2D eigenvalue weighted by Crippen LogP contribution is 2.36. The standard InChI is InChI=1S/C36H41FN6O4/c1-46-31-21-16-27(22-32(31)47-2)35-39-41-42(40-35)23-33(44)43(30-19-14-25(15-20-30)24-8-4-3-5-9-24)34(26-12-17-28(37)18-13-26)36(45)38-29-10-6-7-11-29/h12-22,24,29,34H,3-11,23H2,1-2H3,(H,38,45)/t34-/m0/s1. The third-order valence-electron chi connectivity index (χ3n) is 9.28. The highest BCUT2D eigenvalue weighted by atomic mass is 19.1.